The van der Waals surface area contributed by atoms with Gasteiger partial charge in [-0.25, -0.2) is 0 Å². The highest BCUT2D eigenvalue weighted by molar-refractivity contribution is 6.31. The maximum absolute atomic E-state index is 6.09. The van der Waals surface area contributed by atoms with E-state index >= 15 is 0 Å². The highest BCUT2D eigenvalue weighted by atomic mass is 35.5. The zero-order valence-electron chi connectivity index (χ0n) is 10.7. The summed E-state index contributed by atoms with van der Waals surface area (Å²) in [7, 11) is 0. The predicted molar refractivity (Wildman–Crippen MR) is 75.1 cm³/mol. The molecule has 0 spiro atoms. The van der Waals surface area contributed by atoms with Gasteiger partial charge in [0, 0.05) is 12.7 Å². The number of hydrogen-bond acceptors (Lipinski definition) is 2. The number of nitrogens with one attached hydrogen (secondary N) is 1. The first-order valence-electron chi connectivity index (χ1n) is 6.19. The standard InChI is InChI=1S/C14H18ClN3/c1-3-16-9-14(12-7-5-4-6-8-12)18-10-13(15)11(2)17-18/h4-8,10,14,16H,3,9H2,1-2H3. The highest BCUT2D eigenvalue weighted by Crippen LogP contribution is 2.21. The van der Waals surface area contributed by atoms with Gasteiger partial charge < -0.3 is 5.32 Å². The molecule has 1 heterocycles. The third-order valence-electron chi connectivity index (χ3n) is 2.95. The van der Waals surface area contributed by atoms with Crippen molar-refractivity contribution in [1.29, 1.82) is 0 Å². The van der Waals surface area contributed by atoms with E-state index in [-0.39, 0.29) is 6.04 Å². The number of hydrogen-bond donors (Lipinski definition) is 1. The van der Waals surface area contributed by atoms with Gasteiger partial charge >= 0.3 is 0 Å². The van der Waals surface area contributed by atoms with Gasteiger partial charge in [-0.2, -0.15) is 5.10 Å². The molecule has 2 aromatic rings. The Bertz CT molecular complexity index is 473. The maximum atomic E-state index is 6.09. The van der Waals surface area contributed by atoms with Crippen molar-refractivity contribution in [2.45, 2.75) is 19.9 Å². The fraction of sp³-hybridized carbons (Fsp3) is 0.357. The van der Waals surface area contributed by atoms with E-state index in [1.807, 2.05) is 36.0 Å². The molecule has 18 heavy (non-hydrogen) atoms. The molecule has 96 valence electrons. The van der Waals surface area contributed by atoms with Gasteiger partial charge in [0.2, 0.25) is 0 Å². The molecule has 1 aromatic carbocycles. The minimum absolute atomic E-state index is 0.178. The van der Waals surface area contributed by atoms with Crippen molar-refractivity contribution in [3.63, 3.8) is 0 Å². The summed E-state index contributed by atoms with van der Waals surface area (Å²) in [4.78, 5) is 0. The summed E-state index contributed by atoms with van der Waals surface area (Å²) in [6.45, 7) is 5.81. The average molecular weight is 264 g/mol. The number of likely N-dealkylation sites (N-methyl/N-ethyl adjacent to an activating group) is 1. The van der Waals surface area contributed by atoms with Crippen molar-refractivity contribution < 1.29 is 0 Å². The Morgan fingerprint density at radius 1 is 1.33 bits per heavy atom. The first-order valence-corrected chi connectivity index (χ1v) is 6.57. The zero-order chi connectivity index (χ0) is 13.0. The Labute approximate surface area is 113 Å². The summed E-state index contributed by atoms with van der Waals surface area (Å²) in [5.41, 5.74) is 2.10. The van der Waals surface area contributed by atoms with Gasteiger partial charge in [0.1, 0.15) is 0 Å². The van der Waals surface area contributed by atoms with Crippen LogP contribution in [-0.2, 0) is 0 Å². The van der Waals surface area contributed by atoms with E-state index < -0.39 is 0 Å². The fourth-order valence-corrected chi connectivity index (χ4v) is 2.08. The van der Waals surface area contributed by atoms with Gasteiger partial charge in [-0.05, 0) is 19.0 Å². The van der Waals surface area contributed by atoms with Gasteiger partial charge in [-0.3, -0.25) is 4.68 Å². The van der Waals surface area contributed by atoms with Crippen LogP contribution in [0.3, 0.4) is 0 Å². The van der Waals surface area contributed by atoms with Crippen molar-refractivity contribution in [1.82, 2.24) is 15.1 Å². The number of rotatable bonds is 5. The normalized spacial score (nSPS) is 12.6. The van der Waals surface area contributed by atoms with E-state index in [0.717, 1.165) is 18.8 Å². The first-order chi connectivity index (χ1) is 8.72. The van der Waals surface area contributed by atoms with Crippen LogP contribution in [0.1, 0.15) is 24.2 Å². The van der Waals surface area contributed by atoms with Gasteiger partial charge in [0.05, 0.1) is 16.8 Å². The van der Waals surface area contributed by atoms with Crippen molar-refractivity contribution in [3.8, 4) is 0 Å². The lowest BCUT2D eigenvalue weighted by Crippen LogP contribution is -2.26. The number of benzene rings is 1. The molecule has 0 aliphatic heterocycles. The van der Waals surface area contributed by atoms with Gasteiger partial charge in [-0.15, -0.1) is 0 Å². The second-order valence-electron chi connectivity index (χ2n) is 4.28. The van der Waals surface area contributed by atoms with Crippen LogP contribution in [0.2, 0.25) is 5.02 Å². The summed E-state index contributed by atoms with van der Waals surface area (Å²) < 4.78 is 1.94. The molecule has 4 heteroatoms. The number of aryl methyl sites for hydroxylation is 1. The van der Waals surface area contributed by atoms with E-state index in [2.05, 4.69) is 29.5 Å². The van der Waals surface area contributed by atoms with Crippen LogP contribution >= 0.6 is 11.6 Å². The minimum atomic E-state index is 0.178. The monoisotopic (exact) mass is 263 g/mol. The molecule has 1 unspecified atom stereocenters. The lowest BCUT2D eigenvalue weighted by atomic mass is 10.1. The molecule has 0 radical (unpaired) electrons. The molecule has 1 atom stereocenters. The SMILES string of the molecule is CCNCC(c1ccccc1)n1cc(Cl)c(C)n1. The quantitative estimate of drug-likeness (QED) is 0.899. The number of halogens is 1. The summed E-state index contributed by atoms with van der Waals surface area (Å²) in [6, 6.07) is 10.5. The van der Waals surface area contributed by atoms with Crippen molar-refractivity contribution in [2.75, 3.05) is 13.1 Å². The fourth-order valence-electron chi connectivity index (χ4n) is 1.94. The maximum Gasteiger partial charge on any atom is 0.0893 e. The molecule has 0 bridgehead atoms. The van der Waals surface area contributed by atoms with Crippen molar-refractivity contribution in [2.24, 2.45) is 0 Å². The second kappa shape index (κ2) is 6.03. The molecule has 0 aliphatic rings. The van der Waals surface area contributed by atoms with E-state index in [4.69, 9.17) is 11.6 Å². The summed E-state index contributed by atoms with van der Waals surface area (Å²) >= 11 is 6.09. The molecule has 2 rings (SSSR count). The van der Waals surface area contributed by atoms with Crippen molar-refractivity contribution >= 4 is 11.6 Å². The third kappa shape index (κ3) is 2.92. The van der Waals surface area contributed by atoms with Crippen LogP contribution in [0.15, 0.2) is 36.5 Å². The van der Waals surface area contributed by atoms with Gasteiger partial charge in [0.15, 0.2) is 0 Å². The Morgan fingerprint density at radius 2 is 2.06 bits per heavy atom. The van der Waals surface area contributed by atoms with Crippen LogP contribution in [0.5, 0.6) is 0 Å². The minimum Gasteiger partial charge on any atom is -0.315 e. The lowest BCUT2D eigenvalue weighted by molar-refractivity contribution is 0.485. The average Bonchev–Trinajstić information content (AvgIpc) is 2.71. The molecule has 0 amide bonds. The van der Waals surface area contributed by atoms with E-state index in [0.29, 0.717) is 5.02 Å². The molecular formula is C14H18ClN3. The van der Waals surface area contributed by atoms with E-state index in [1.165, 1.54) is 5.56 Å². The molecule has 0 aliphatic carbocycles. The third-order valence-corrected chi connectivity index (χ3v) is 3.32. The summed E-state index contributed by atoms with van der Waals surface area (Å²) in [5.74, 6) is 0. The summed E-state index contributed by atoms with van der Waals surface area (Å²) in [5, 5.41) is 8.57. The number of nitrogens with zero attached hydrogens (tertiary/aromatic N) is 2. The Balaban J connectivity index is 2.30. The number of aromatic nitrogens is 2. The molecule has 0 saturated heterocycles. The van der Waals surface area contributed by atoms with Gasteiger partial charge in [-0.1, -0.05) is 48.9 Å². The molecule has 1 N–H and O–H groups in total. The largest absolute Gasteiger partial charge is 0.315 e. The molecule has 1 aromatic heterocycles. The van der Waals surface area contributed by atoms with Crippen LogP contribution in [0, 0.1) is 6.92 Å². The smallest absolute Gasteiger partial charge is 0.0893 e. The summed E-state index contributed by atoms with van der Waals surface area (Å²) in [6.07, 6.45) is 1.89. The van der Waals surface area contributed by atoms with Crippen LogP contribution < -0.4 is 5.32 Å². The molecule has 0 fully saturated rings. The first kappa shape index (κ1) is 13.1. The second-order valence-corrected chi connectivity index (χ2v) is 4.68. The van der Waals surface area contributed by atoms with E-state index in [1.54, 1.807) is 0 Å². The van der Waals surface area contributed by atoms with Crippen molar-refractivity contribution in [3.05, 3.63) is 52.8 Å². The molecule has 3 nitrogen and oxygen atoms in total. The topological polar surface area (TPSA) is 29.9 Å². The van der Waals surface area contributed by atoms with Crippen LogP contribution in [0.25, 0.3) is 0 Å². The Morgan fingerprint density at radius 3 is 2.61 bits per heavy atom. The highest BCUT2D eigenvalue weighted by Gasteiger charge is 2.15. The molecular weight excluding hydrogens is 246 g/mol. The zero-order valence-corrected chi connectivity index (χ0v) is 11.5. The van der Waals surface area contributed by atoms with E-state index in [9.17, 15) is 0 Å². The molecule has 0 saturated carbocycles. The van der Waals surface area contributed by atoms with Crippen LogP contribution in [-0.4, -0.2) is 22.9 Å². The lowest BCUT2D eigenvalue weighted by Gasteiger charge is -2.18. The Kier molecular flexibility index (Phi) is 4.39. The van der Waals surface area contributed by atoms with Gasteiger partial charge in [0.25, 0.3) is 0 Å². The Hall–Kier alpha value is -1.32. The predicted octanol–water partition coefficient (Wildman–Crippen LogP) is 3.04. The van der Waals surface area contributed by atoms with Crippen LogP contribution in [0.4, 0.5) is 0 Å².